The highest BCUT2D eigenvalue weighted by Crippen LogP contribution is 2.11. The first kappa shape index (κ1) is 13.6. The molecule has 0 bridgehead atoms. The van der Waals surface area contributed by atoms with Crippen LogP contribution in [0.2, 0.25) is 0 Å². The Labute approximate surface area is 101 Å². The lowest BCUT2D eigenvalue weighted by molar-refractivity contribution is 0.178. The van der Waals surface area contributed by atoms with Gasteiger partial charge in [-0.05, 0) is 20.0 Å². The van der Waals surface area contributed by atoms with Gasteiger partial charge in [0.15, 0.2) is 0 Å². The van der Waals surface area contributed by atoms with E-state index in [2.05, 4.69) is 22.3 Å². The first-order valence-corrected chi connectivity index (χ1v) is 6.45. The van der Waals surface area contributed by atoms with Crippen LogP contribution in [-0.4, -0.2) is 43.7 Å². The highest BCUT2D eigenvalue weighted by molar-refractivity contribution is 7.09. The summed E-state index contributed by atoms with van der Waals surface area (Å²) in [6, 6.07) is 0. The molecule has 0 aliphatic carbocycles. The van der Waals surface area contributed by atoms with Crippen LogP contribution in [0.15, 0.2) is 5.38 Å². The molecule has 0 atom stereocenters. The lowest BCUT2D eigenvalue weighted by Gasteiger charge is -2.14. The SMILES string of the molecule is COCCCN(C)Cc1csc(CCN)n1. The minimum Gasteiger partial charge on any atom is -0.385 e. The van der Waals surface area contributed by atoms with Crippen molar-refractivity contribution in [2.75, 3.05) is 33.9 Å². The van der Waals surface area contributed by atoms with Gasteiger partial charge in [-0.1, -0.05) is 0 Å². The maximum Gasteiger partial charge on any atom is 0.0941 e. The third kappa shape index (κ3) is 5.03. The minimum atomic E-state index is 0.677. The Morgan fingerprint density at radius 1 is 1.56 bits per heavy atom. The van der Waals surface area contributed by atoms with Crippen molar-refractivity contribution in [2.24, 2.45) is 5.73 Å². The van der Waals surface area contributed by atoms with Crippen LogP contribution in [0.3, 0.4) is 0 Å². The summed E-state index contributed by atoms with van der Waals surface area (Å²) >= 11 is 1.70. The van der Waals surface area contributed by atoms with E-state index in [1.807, 2.05) is 0 Å². The molecule has 0 aliphatic heterocycles. The van der Waals surface area contributed by atoms with Crippen LogP contribution in [0.4, 0.5) is 0 Å². The monoisotopic (exact) mass is 243 g/mol. The fraction of sp³-hybridized carbons (Fsp3) is 0.727. The van der Waals surface area contributed by atoms with E-state index in [1.54, 1.807) is 18.4 Å². The Morgan fingerprint density at radius 2 is 2.38 bits per heavy atom. The van der Waals surface area contributed by atoms with Crippen molar-refractivity contribution in [3.05, 3.63) is 16.1 Å². The predicted molar refractivity (Wildman–Crippen MR) is 67.7 cm³/mol. The molecule has 1 aromatic heterocycles. The molecule has 0 aliphatic rings. The highest BCUT2D eigenvalue weighted by Gasteiger charge is 2.04. The molecule has 92 valence electrons. The minimum absolute atomic E-state index is 0.677. The fourth-order valence-electron chi connectivity index (χ4n) is 1.49. The topological polar surface area (TPSA) is 51.4 Å². The summed E-state index contributed by atoms with van der Waals surface area (Å²) in [7, 11) is 3.84. The maximum absolute atomic E-state index is 5.49. The predicted octanol–water partition coefficient (Wildman–Crippen LogP) is 1.11. The molecule has 0 saturated carbocycles. The van der Waals surface area contributed by atoms with Gasteiger partial charge in [0.2, 0.25) is 0 Å². The highest BCUT2D eigenvalue weighted by atomic mass is 32.1. The number of hydrogen-bond acceptors (Lipinski definition) is 5. The Morgan fingerprint density at radius 3 is 3.06 bits per heavy atom. The number of thiazole rings is 1. The van der Waals surface area contributed by atoms with Gasteiger partial charge in [0, 0.05) is 38.6 Å². The first-order valence-electron chi connectivity index (χ1n) is 5.57. The summed E-state index contributed by atoms with van der Waals surface area (Å²) in [6.45, 7) is 3.44. The second-order valence-corrected chi connectivity index (χ2v) is 4.80. The van der Waals surface area contributed by atoms with Crippen molar-refractivity contribution in [1.82, 2.24) is 9.88 Å². The molecular weight excluding hydrogens is 222 g/mol. The Bertz CT molecular complexity index is 291. The van der Waals surface area contributed by atoms with E-state index in [9.17, 15) is 0 Å². The zero-order valence-corrected chi connectivity index (χ0v) is 10.9. The molecule has 2 N–H and O–H groups in total. The van der Waals surface area contributed by atoms with Crippen molar-refractivity contribution in [3.63, 3.8) is 0 Å². The van der Waals surface area contributed by atoms with Crippen molar-refractivity contribution < 1.29 is 4.74 Å². The Hall–Kier alpha value is -0.490. The zero-order valence-electron chi connectivity index (χ0n) is 10.1. The number of nitrogens with zero attached hydrogens (tertiary/aromatic N) is 2. The summed E-state index contributed by atoms with van der Waals surface area (Å²) < 4.78 is 5.02. The van der Waals surface area contributed by atoms with E-state index >= 15 is 0 Å². The standard InChI is InChI=1S/C11H21N3OS/c1-14(6-3-7-15-2)8-10-9-16-11(13-10)4-5-12/h9H,3-8,12H2,1-2H3. The Balaban J connectivity index is 2.28. The summed E-state index contributed by atoms with van der Waals surface area (Å²) in [5, 5.41) is 3.26. The molecule has 0 aromatic carbocycles. The van der Waals surface area contributed by atoms with Gasteiger partial charge in [-0.15, -0.1) is 11.3 Å². The second kappa shape index (κ2) is 7.73. The van der Waals surface area contributed by atoms with Gasteiger partial charge in [0.25, 0.3) is 0 Å². The van der Waals surface area contributed by atoms with E-state index < -0.39 is 0 Å². The molecular formula is C11H21N3OS. The molecule has 0 fully saturated rings. The molecule has 16 heavy (non-hydrogen) atoms. The molecule has 5 heteroatoms. The smallest absolute Gasteiger partial charge is 0.0941 e. The second-order valence-electron chi connectivity index (χ2n) is 3.86. The van der Waals surface area contributed by atoms with Crippen LogP contribution in [0.1, 0.15) is 17.1 Å². The maximum atomic E-state index is 5.49. The zero-order chi connectivity index (χ0) is 11.8. The van der Waals surface area contributed by atoms with Crippen LogP contribution in [0, 0.1) is 0 Å². The molecule has 1 heterocycles. The quantitative estimate of drug-likeness (QED) is 0.695. The van der Waals surface area contributed by atoms with Crippen LogP contribution in [0.5, 0.6) is 0 Å². The molecule has 0 radical (unpaired) electrons. The summed E-state index contributed by atoms with van der Waals surface area (Å²) in [6.07, 6.45) is 1.95. The summed E-state index contributed by atoms with van der Waals surface area (Å²) in [4.78, 5) is 6.80. The fourth-order valence-corrected chi connectivity index (χ4v) is 2.30. The number of aromatic nitrogens is 1. The normalized spacial score (nSPS) is 11.2. The van der Waals surface area contributed by atoms with Gasteiger partial charge >= 0.3 is 0 Å². The average molecular weight is 243 g/mol. The number of hydrogen-bond donors (Lipinski definition) is 1. The van der Waals surface area contributed by atoms with Crippen molar-refractivity contribution in [2.45, 2.75) is 19.4 Å². The average Bonchev–Trinajstić information content (AvgIpc) is 2.66. The van der Waals surface area contributed by atoms with Gasteiger partial charge in [-0.2, -0.15) is 0 Å². The van der Waals surface area contributed by atoms with Gasteiger partial charge in [-0.3, -0.25) is 0 Å². The summed E-state index contributed by atoms with van der Waals surface area (Å²) in [5.41, 5.74) is 6.64. The van der Waals surface area contributed by atoms with Crippen molar-refractivity contribution in [3.8, 4) is 0 Å². The van der Waals surface area contributed by atoms with Crippen molar-refractivity contribution >= 4 is 11.3 Å². The van der Waals surface area contributed by atoms with E-state index in [-0.39, 0.29) is 0 Å². The molecule has 4 nitrogen and oxygen atoms in total. The summed E-state index contributed by atoms with van der Waals surface area (Å²) in [5.74, 6) is 0. The largest absolute Gasteiger partial charge is 0.385 e. The van der Waals surface area contributed by atoms with Crippen LogP contribution in [0.25, 0.3) is 0 Å². The van der Waals surface area contributed by atoms with E-state index in [0.717, 1.165) is 43.2 Å². The third-order valence-corrected chi connectivity index (χ3v) is 3.24. The van der Waals surface area contributed by atoms with E-state index in [1.165, 1.54) is 0 Å². The van der Waals surface area contributed by atoms with E-state index in [0.29, 0.717) is 6.54 Å². The Kier molecular flexibility index (Phi) is 6.56. The first-order chi connectivity index (χ1) is 7.76. The lowest BCUT2D eigenvalue weighted by atomic mass is 10.3. The van der Waals surface area contributed by atoms with E-state index in [4.69, 9.17) is 10.5 Å². The molecule has 1 rings (SSSR count). The number of rotatable bonds is 8. The third-order valence-electron chi connectivity index (χ3n) is 2.28. The molecule has 0 spiro atoms. The van der Waals surface area contributed by atoms with Gasteiger partial charge in [-0.25, -0.2) is 4.98 Å². The molecule has 0 unspecified atom stereocenters. The molecule has 0 amide bonds. The number of methoxy groups -OCH3 is 1. The van der Waals surface area contributed by atoms with Gasteiger partial charge in [0.05, 0.1) is 10.7 Å². The molecule has 1 aromatic rings. The number of nitrogens with two attached hydrogens (primary N) is 1. The van der Waals surface area contributed by atoms with Crippen LogP contribution < -0.4 is 5.73 Å². The molecule has 0 saturated heterocycles. The van der Waals surface area contributed by atoms with Crippen LogP contribution >= 0.6 is 11.3 Å². The van der Waals surface area contributed by atoms with Gasteiger partial charge in [0.1, 0.15) is 0 Å². The van der Waals surface area contributed by atoms with Crippen molar-refractivity contribution in [1.29, 1.82) is 0 Å². The number of ether oxygens (including phenoxy) is 1. The van der Waals surface area contributed by atoms with Crippen LogP contribution in [-0.2, 0) is 17.7 Å². The lowest BCUT2D eigenvalue weighted by Crippen LogP contribution is -2.20. The van der Waals surface area contributed by atoms with Gasteiger partial charge < -0.3 is 15.4 Å².